The lowest BCUT2D eigenvalue weighted by molar-refractivity contribution is 0.584. The summed E-state index contributed by atoms with van der Waals surface area (Å²) >= 11 is 0. The van der Waals surface area contributed by atoms with E-state index in [1.165, 1.54) is 0 Å². The fraction of sp³-hybridized carbons (Fsp3) is 0.105. The van der Waals surface area contributed by atoms with Gasteiger partial charge in [-0.05, 0) is 31.2 Å². The van der Waals surface area contributed by atoms with Crippen LogP contribution >= 0.6 is 0 Å². The highest BCUT2D eigenvalue weighted by Crippen LogP contribution is 2.30. The molecule has 0 N–H and O–H groups in total. The molecule has 0 aliphatic rings. The van der Waals surface area contributed by atoms with Crippen molar-refractivity contribution < 1.29 is 4.42 Å². The lowest BCUT2D eigenvalue weighted by Crippen LogP contribution is -1.99. The first-order valence-electron chi connectivity index (χ1n) is 7.29. The zero-order chi connectivity index (χ0) is 15.5. The Morgan fingerprint density at radius 2 is 1.77 bits per heavy atom. The minimum absolute atomic E-state index is 0.747. The van der Waals surface area contributed by atoms with Gasteiger partial charge in [0.25, 0.3) is 0 Å². The Labute approximate surface area is 130 Å². The first-order valence-corrected chi connectivity index (χ1v) is 7.29. The van der Waals surface area contributed by atoms with E-state index in [-0.39, 0.29) is 0 Å². The van der Waals surface area contributed by atoms with Crippen LogP contribution in [0.1, 0.15) is 18.3 Å². The van der Waals surface area contributed by atoms with Gasteiger partial charge < -0.3 is 8.98 Å². The molecule has 110 valence electrons. The van der Waals surface area contributed by atoms with E-state index in [1.54, 1.807) is 12.2 Å². The van der Waals surface area contributed by atoms with Crippen molar-refractivity contribution in [1.82, 2.24) is 9.55 Å². The molecule has 0 fully saturated rings. The van der Waals surface area contributed by atoms with Crippen LogP contribution in [0.4, 0.5) is 0 Å². The molecule has 3 aromatic rings. The molecular formula is C19H18N2O. The number of furan rings is 1. The molecule has 0 aliphatic heterocycles. The van der Waals surface area contributed by atoms with Crippen molar-refractivity contribution in [1.29, 1.82) is 0 Å². The number of aromatic nitrogens is 2. The second-order valence-corrected chi connectivity index (χ2v) is 4.89. The van der Waals surface area contributed by atoms with Gasteiger partial charge in [0.15, 0.2) is 11.6 Å². The standard InChI is InChI=1S/C19H18N2O/c1-4-15-16(5-2)21(6-3)19(20-15)18-13-12-17(22-18)14-10-8-7-9-11-14/h4-5,7-13H,1-2,6H2,3H3. The van der Waals surface area contributed by atoms with Crippen LogP contribution in [0.15, 0.2) is 60.0 Å². The molecule has 2 aromatic heterocycles. The SMILES string of the molecule is C=Cc1nc(-c2ccc(-c3ccccc3)o2)n(CC)c1C=C. The second-order valence-electron chi connectivity index (χ2n) is 4.89. The van der Waals surface area contributed by atoms with Gasteiger partial charge in [0.2, 0.25) is 0 Å². The molecule has 3 nitrogen and oxygen atoms in total. The average molecular weight is 290 g/mol. The lowest BCUT2D eigenvalue weighted by Gasteiger charge is -2.05. The van der Waals surface area contributed by atoms with Crippen LogP contribution in [0.2, 0.25) is 0 Å². The Morgan fingerprint density at radius 3 is 2.41 bits per heavy atom. The quantitative estimate of drug-likeness (QED) is 0.653. The highest BCUT2D eigenvalue weighted by atomic mass is 16.3. The lowest BCUT2D eigenvalue weighted by atomic mass is 10.2. The van der Waals surface area contributed by atoms with E-state index >= 15 is 0 Å². The van der Waals surface area contributed by atoms with Crippen molar-refractivity contribution in [3.05, 3.63) is 67.0 Å². The molecule has 2 heterocycles. The van der Waals surface area contributed by atoms with E-state index in [2.05, 4.69) is 29.6 Å². The summed E-state index contributed by atoms with van der Waals surface area (Å²) in [5.74, 6) is 2.38. The van der Waals surface area contributed by atoms with Gasteiger partial charge in [-0.15, -0.1) is 0 Å². The van der Waals surface area contributed by atoms with Gasteiger partial charge in [0, 0.05) is 12.1 Å². The number of benzene rings is 1. The molecule has 0 bridgehead atoms. The summed E-state index contributed by atoms with van der Waals surface area (Å²) in [6, 6.07) is 14.0. The molecule has 3 rings (SSSR count). The van der Waals surface area contributed by atoms with E-state index in [0.29, 0.717) is 0 Å². The van der Waals surface area contributed by atoms with Crippen molar-refractivity contribution >= 4 is 12.2 Å². The number of hydrogen-bond acceptors (Lipinski definition) is 2. The normalized spacial score (nSPS) is 10.6. The van der Waals surface area contributed by atoms with Crippen LogP contribution in [0.5, 0.6) is 0 Å². The predicted molar refractivity (Wildman–Crippen MR) is 91.2 cm³/mol. The summed E-state index contributed by atoms with van der Waals surface area (Å²) in [7, 11) is 0. The molecule has 0 atom stereocenters. The van der Waals surface area contributed by atoms with E-state index in [4.69, 9.17) is 4.42 Å². The zero-order valence-electron chi connectivity index (χ0n) is 12.6. The molecule has 0 amide bonds. The summed E-state index contributed by atoms with van der Waals surface area (Å²) in [5.41, 5.74) is 2.84. The van der Waals surface area contributed by atoms with Crippen LogP contribution in [0.3, 0.4) is 0 Å². The van der Waals surface area contributed by atoms with Gasteiger partial charge in [0.05, 0.1) is 11.4 Å². The van der Waals surface area contributed by atoms with E-state index in [1.807, 2.05) is 42.5 Å². The molecule has 0 spiro atoms. The molecule has 0 radical (unpaired) electrons. The van der Waals surface area contributed by atoms with Crippen LogP contribution in [-0.4, -0.2) is 9.55 Å². The van der Waals surface area contributed by atoms with E-state index < -0.39 is 0 Å². The van der Waals surface area contributed by atoms with Crippen LogP contribution < -0.4 is 0 Å². The maximum atomic E-state index is 6.00. The third-order valence-corrected chi connectivity index (χ3v) is 3.62. The molecule has 22 heavy (non-hydrogen) atoms. The van der Waals surface area contributed by atoms with Crippen molar-refractivity contribution in [2.24, 2.45) is 0 Å². The predicted octanol–water partition coefficient (Wildman–Crippen LogP) is 5.12. The summed E-state index contributed by atoms with van der Waals surface area (Å²) in [6.07, 6.45) is 3.55. The molecular weight excluding hydrogens is 272 g/mol. The van der Waals surface area contributed by atoms with Crippen molar-refractivity contribution in [3.8, 4) is 22.9 Å². The minimum atomic E-state index is 0.747. The van der Waals surface area contributed by atoms with E-state index in [0.717, 1.165) is 40.8 Å². The molecule has 0 unspecified atom stereocenters. The van der Waals surface area contributed by atoms with Crippen LogP contribution in [0.25, 0.3) is 35.1 Å². The Hall–Kier alpha value is -2.81. The van der Waals surface area contributed by atoms with Crippen molar-refractivity contribution in [2.45, 2.75) is 13.5 Å². The van der Waals surface area contributed by atoms with Gasteiger partial charge in [-0.25, -0.2) is 4.98 Å². The number of nitrogens with zero attached hydrogens (tertiary/aromatic N) is 2. The smallest absolute Gasteiger partial charge is 0.177 e. The monoisotopic (exact) mass is 290 g/mol. The molecule has 0 saturated carbocycles. The molecule has 0 aliphatic carbocycles. The third-order valence-electron chi connectivity index (χ3n) is 3.62. The Balaban J connectivity index is 2.09. The number of hydrogen-bond donors (Lipinski definition) is 0. The maximum absolute atomic E-state index is 6.00. The summed E-state index contributed by atoms with van der Waals surface area (Å²) < 4.78 is 8.08. The van der Waals surface area contributed by atoms with Gasteiger partial charge in [0.1, 0.15) is 5.76 Å². The van der Waals surface area contributed by atoms with Crippen molar-refractivity contribution in [2.75, 3.05) is 0 Å². The van der Waals surface area contributed by atoms with Gasteiger partial charge in [-0.3, -0.25) is 0 Å². The molecule has 0 saturated heterocycles. The Kier molecular flexibility index (Phi) is 3.79. The number of rotatable bonds is 5. The Bertz CT molecular complexity index is 809. The molecule has 3 heteroatoms. The average Bonchev–Trinajstić information content (AvgIpc) is 3.19. The first-order chi connectivity index (χ1) is 10.8. The number of imidazole rings is 1. The zero-order valence-corrected chi connectivity index (χ0v) is 12.6. The third kappa shape index (κ3) is 2.31. The topological polar surface area (TPSA) is 31.0 Å². The van der Waals surface area contributed by atoms with Crippen LogP contribution in [-0.2, 0) is 6.54 Å². The maximum Gasteiger partial charge on any atom is 0.177 e. The fourth-order valence-electron chi connectivity index (χ4n) is 2.57. The van der Waals surface area contributed by atoms with E-state index in [9.17, 15) is 0 Å². The van der Waals surface area contributed by atoms with Crippen LogP contribution in [0, 0.1) is 0 Å². The Morgan fingerprint density at radius 1 is 1.05 bits per heavy atom. The van der Waals surface area contributed by atoms with Gasteiger partial charge in [-0.1, -0.05) is 43.5 Å². The van der Waals surface area contributed by atoms with Gasteiger partial charge >= 0.3 is 0 Å². The fourth-order valence-corrected chi connectivity index (χ4v) is 2.57. The summed E-state index contributed by atoms with van der Waals surface area (Å²) in [6.45, 7) is 10.6. The largest absolute Gasteiger partial charge is 0.453 e. The molecule has 1 aromatic carbocycles. The first kappa shape index (κ1) is 14.1. The highest BCUT2D eigenvalue weighted by Gasteiger charge is 2.17. The second kappa shape index (κ2) is 5.90. The van der Waals surface area contributed by atoms with Gasteiger partial charge in [-0.2, -0.15) is 0 Å². The highest BCUT2D eigenvalue weighted by molar-refractivity contribution is 5.66. The summed E-state index contributed by atoms with van der Waals surface area (Å²) in [5, 5.41) is 0. The van der Waals surface area contributed by atoms with Crippen molar-refractivity contribution in [3.63, 3.8) is 0 Å². The summed E-state index contributed by atoms with van der Waals surface area (Å²) in [4.78, 5) is 4.63. The minimum Gasteiger partial charge on any atom is -0.453 e.